The molecule has 1 saturated heterocycles. The largest absolute Gasteiger partial charge is 0.382 e. The van der Waals surface area contributed by atoms with Crippen molar-refractivity contribution in [1.82, 2.24) is 0 Å². The van der Waals surface area contributed by atoms with Gasteiger partial charge in [-0.05, 0) is 20.3 Å². The van der Waals surface area contributed by atoms with E-state index in [1.807, 2.05) is 13.8 Å². The van der Waals surface area contributed by atoms with Crippen molar-refractivity contribution in [3.8, 4) is 0 Å². The Kier molecular flexibility index (Phi) is 2.83. The van der Waals surface area contributed by atoms with Crippen LogP contribution < -0.4 is 0 Å². The first kappa shape index (κ1) is 11.0. The minimum absolute atomic E-state index is 0.0203. The second-order valence-corrected chi connectivity index (χ2v) is 4.71. The second-order valence-electron chi connectivity index (χ2n) is 4.71. The second kappa shape index (κ2) is 3.85. The fourth-order valence-electron chi connectivity index (χ4n) is 2.27. The van der Waals surface area contributed by atoms with Crippen molar-refractivity contribution >= 4 is 5.78 Å². The summed E-state index contributed by atoms with van der Waals surface area (Å²) in [5, 5.41) is 0. The summed E-state index contributed by atoms with van der Waals surface area (Å²) < 4.78 is 16.6. The number of hydrogen-bond donors (Lipinski definition) is 0. The maximum atomic E-state index is 11.4. The van der Waals surface area contributed by atoms with Crippen LogP contribution in [0.1, 0.15) is 26.7 Å². The van der Waals surface area contributed by atoms with E-state index in [2.05, 4.69) is 0 Å². The number of carbonyl (C=O) groups is 1. The van der Waals surface area contributed by atoms with E-state index in [1.54, 1.807) is 7.11 Å². The number of methoxy groups -OCH3 is 1. The van der Waals surface area contributed by atoms with Gasteiger partial charge in [-0.1, -0.05) is 0 Å². The molecule has 0 radical (unpaired) electrons. The smallest absolute Gasteiger partial charge is 0.163 e. The molecule has 0 aromatic rings. The zero-order valence-electron chi connectivity index (χ0n) is 9.49. The van der Waals surface area contributed by atoms with Gasteiger partial charge in [0.05, 0.1) is 12.7 Å². The van der Waals surface area contributed by atoms with E-state index in [4.69, 9.17) is 14.2 Å². The lowest BCUT2D eigenvalue weighted by Crippen LogP contribution is -2.43. The Morgan fingerprint density at radius 3 is 2.67 bits per heavy atom. The normalized spacial score (nSPS) is 39.1. The van der Waals surface area contributed by atoms with Gasteiger partial charge in [-0.15, -0.1) is 0 Å². The fraction of sp³-hybridized carbons (Fsp3) is 0.909. The summed E-state index contributed by atoms with van der Waals surface area (Å²) in [6, 6.07) is 0. The molecule has 4 nitrogen and oxygen atoms in total. The summed E-state index contributed by atoms with van der Waals surface area (Å²) in [4.78, 5) is 11.4. The van der Waals surface area contributed by atoms with Gasteiger partial charge < -0.3 is 14.2 Å². The number of ether oxygens (including phenoxy) is 3. The van der Waals surface area contributed by atoms with Gasteiger partial charge in [-0.3, -0.25) is 4.79 Å². The van der Waals surface area contributed by atoms with Crippen LogP contribution in [0, 0.1) is 5.92 Å². The van der Waals surface area contributed by atoms with Crippen LogP contribution in [0.25, 0.3) is 0 Å². The van der Waals surface area contributed by atoms with Crippen LogP contribution >= 0.6 is 0 Å². The maximum absolute atomic E-state index is 11.4. The topological polar surface area (TPSA) is 44.8 Å². The molecular formula is C11H18O4. The van der Waals surface area contributed by atoms with Crippen LogP contribution in [0.15, 0.2) is 0 Å². The molecule has 1 heterocycles. The lowest BCUT2D eigenvalue weighted by Gasteiger charge is -2.31. The molecule has 86 valence electrons. The first-order valence-electron chi connectivity index (χ1n) is 5.41. The van der Waals surface area contributed by atoms with Gasteiger partial charge in [0.15, 0.2) is 5.79 Å². The van der Waals surface area contributed by atoms with Crippen molar-refractivity contribution in [2.45, 2.75) is 44.7 Å². The molecule has 0 aromatic carbocycles. The maximum Gasteiger partial charge on any atom is 0.163 e. The number of hydrogen-bond acceptors (Lipinski definition) is 4. The third-order valence-corrected chi connectivity index (χ3v) is 3.06. The highest BCUT2D eigenvalue weighted by Crippen LogP contribution is 2.38. The molecule has 2 rings (SSSR count). The first-order valence-corrected chi connectivity index (χ1v) is 5.41. The summed E-state index contributed by atoms with van der Waals surface area (Å²) in [6.45, 7) is 4.23. The van der Waals surface area contributed by atoms with Gasteiger partial charge in [0.1, 0.15) is 11.9 Å². The zero-order chi connectivity index (χ0) is 11.1. The van der Waals surface area contributed by atoms with Crippen LogP contribution in [0.2, 0.25) is 0 Å². The zero-order valence-corrected chi connectivity index (χ0v) is 9.49. The Morgan fingerprint density at radius 1 is 1.47 bits per heavy atom. The van der Waals surface area contributed by atoms with E-state index in [0.717, 1.165) is 6.42 Å². The van der Waals surface area contributed by atoms with Gasteiger partial charge in [-0.25, -0.2) is 0 Å². The van der Waals surface area contributed by atoms with Crippen molar-refractivity contribution in [3.63, 3.8) is 0 Å². The highest BCUT2D eigenvalue weighted by Gasteiger charge is 2.49. The molecule has 3 atom stereocenters. The van der Waals surface area contributed by atoms with Crippen LogP contribution in [0.5, 0.6) is 0 Å². The highest BCUT2D eigenvalue weighted by atomic mass is 16.8. The number of carbonyl (C=O) groups excluding carboxylic acids is 1. The molecule has 0 aromatic heterocycles. The van der Waals surface area contributed by atoms with Gasteiger partial charge >= 0.3 is 0 Å². The van der Waals surface area contributed by atoms with Crippen LogP contribution in [0.3, 0.4) is 0 Å². The average molecular weight is 214 g/mol. The average Bonchev–Trinajstić information content (AvgIpc) is 2.40. The molecule has 0 amide bonds. The summed E-state index contributed by atoms with van der Waals surface area (Å²) in [7, 11) is 1.63. The summed E-state index contributed by atoms with van der Waals surface area (Å²) in [5.74, 6) is -0.279. The van der Waals surface area contributed by atoms with Crippen LogP contribution in [-0.2, 0) is 19.0 Å². The van der Waals surface area contributed by atoms with Gasteiger partial charge in [0, 0.05) is 19.4 Å². The molecular weight excluding hydrogens is 196 g/mol. The van der Waals surface area contributed by atoms with E-state index < -0.39 is 5.79 Å². The molecule has 1 aliphatic heterocycles. The molecule has 4 heteroatoms. The Hall–Kier alpha value is -0.450. The van der Waals surface area contributed by atoms with Crippen LogP contribution in [-0.4, -0.2) is 37.5 Å². The Balaban J connectivity index is 2.04. The monoisotopic (exact) mass is 214 g/mol. The molecule has 15 heavy (non-hydrogen) atoms. The van der Waals surface area contributed by atoms with E-state index in [1.165, 1.54) is 0 Å². The molecule has 2 fully saturated rings. The van der Waals surface area contributed by atoms with E-state index >= 15 is 0 Å². The molecule has 3 unspecified atom stereocenters. The molecule has 0 N–H and O–H groups in total. The molecule has 0 bridgehead atoms. The van der Waals surface area contributed by atoms with Crippen molar-refractivity contribution in [2.24, 2.45) is 5.92 Å². The third kappa shape index (κ3) is 2.07. The SMILES string of the molecule is COCC1OC(C)(C)OC1C1CCC1=O. The third-order valence-electron chi connectivity index (χ3n) is 3.06. The first-order chi connectivity index (χ1) is 7.03. The molecule has 2 aliphatic rings. The van der Waals surface area contributed by atoms with Crippen LogP contribution in [0.4, 0.5) is 0 Å². The highest BCUT2D eigenvalue weighted by molar-refractivity contribution is 5.87. The molecule has 1 aliphatic carbocycles. The van der Waals surface area contributed by atoms with Crippen molar-refractivity contribution in [3.05, 3.63) is 0 Å². The van der Waals surface area contributed by atoms with E-state index in [9.17, 15) is 4.79 Å². The predicted octanol–water partition coefficient (Wildman–Crippen LogP) is 1.13. The minimum Gasteiger partial charge on any atom is -0.382 e. The predicted molar refractivity (Wildman–Crippen MR) is 53.4 cm³/mol. The summed E-state index contributed by atoms with van der Waals surface area (Å²) >= 11 is 0. The molecule has 1 saturated carbocycles. The Labute approximate surface area is 89.9 Å². The minimum atomic E-state index is -0.594. The number of ketones is 1. The number of Topliss-reactive ketones (excluding diaryl/α,β-unsaturated/α-hetero) is 1. The van der Waals surface area contributed by atoms with E-state index in [-0.39, 0.29) is 18.1 Å². The summed E-state index contributed by atoms with van der Waals surface area (Å²) in [6.07, 6.45) is 1.37. The standard InChI is InChI=1S/C11H18O4/c1-11(2)14-9(6-13-3)10(15-11)7-4-5-8(7)12/h7,9-10H,4-6H2,1-3H3. The van der Waals surface area contributed by atoms with Crippen molar-refractivity contribution < 1.29 is 19.0 Å². The van der Waals surface area contributed by atoms with Crippen molar-refractivity contribution in [1.29, 1.82) is 0 Å². The lowest BCUT2D eigenvalue weighted by atomic mass is 9.78. The van der Waals surface area contributed by atoms with E-state index in [0.29, 0.717) is 18.8 Å². The lowest BCUT2D eigenvalue weighted by molar-refractivity contribution is -0.159. The Bertz CT molecular complexity index is 261. The Morgan fingerprint density at radius 2 is 2.20 bits per heavy atom. The summed E-state index contributed by atoms with van der Waals surface area (Å²) in [5.41, 5.74) is 0. The fourth-order valence-corrected chi connectivity index (χ4v) is 2.27. The number of rotatable bonds is 3. The molecule has 0 spiro atoms. The van der Waals surface area contributed by atoms with Crippen molar-refractivity contribution in [2.75, 3.05) is 13.7 Å². The quantitative estimate of drug-likeness (QED) is 0.706. The van der Waals surface area contributed by atoms with Gasteiger partial charge in [0.2, 0.25) is 0 Å². The van der Waals surface area contributed by atoms with Gasteiger partial charge in [-0.2, -0.15) is 0 Å². The van der Waals surface area contributed by atoms with Gasteiger partial charge in [0.25, 0.3) is 0 Å².